The molecule has 3 rings (SSSR count). The van der Waals surface area contributed by atoms with Gasteiger partial charge in [0.1, 0.15) is 5.60 Å². The van der Waals surface area contributed by atoms with Gasteiger partial charge in [-0.3, -0.25) is 0 Å². The van der Waals surface area contributed by atoms with Crippen LogP contribution in [0.3, 0.4) is 0 Å². The maximum atomic E-state index is 12.6. The Kier molecular flexibility index (Phi) is 7.20. The van der Waals surface area contributed by atoms with Gasteiger partial charge in [0.05, 0.1) is 14.2 Å². The molecule has 1 atom stereocenters. The lowest BCUT2D eigenvalue weighted by atomic mass is 9.99. The molecule has 8 nitrogen and oxygen atoms in total. The fraction of sp³-hybridized carbons (Fsp3) is 0.522. The average Bonchev–Trinajstić information content (AvgIpc) is 3.18. The SMILES string of the molecule is COc1ccc(C=Cc2nc(CC3CCCCN3C(=O)OC(C)(C)C)no2)cc1OC. The van der Waals surface area contributed by atoms with Gasteiger partial charge in [-0.2, -0.15) is 4.98 Å². The van der Waals surface area contributed by atoms with Gasteiger partial charge in [0.2, 0.25) is 0 Å². The Balaban J connectivity index is 1.66. The van der Waals surface area contributed by atoms with Crippen molar-refractivity contribution in [3.05, 3.63) is 35.5 Å². The number of piperidine rings is 1. The molecule has 1 amide bonds. The van der Waals surface area contributed by atoms with E-state index in [9.17, 15) is 4.79 Å². The van der Waals surface area contributed by atoms with E-state index in [1.807, 2.05) is 45.0 Å². The zero-order chi connectivity index (χ0) is 22.4. The van der Waals surface area contributed by atoms with Crippen LogP contribution in [0.15, 0.2) is 22.7 Å². The van der Waals surface area contributed by atoms with Crippen LogP contribution in [-0.4, -0.2) is 53.5 Å². The zero-order valence-electron chi connectivity index (χ0n) is 18.9. The van der Waals surface area contributed by atoms with Gasteiger partial charge in [0, 0.05) is 25.1 Å². The lowest BCUT2D eigenvalue weighted by molar-refractivity contribution is 0.00968. The molecule has 0 saturated carbocycles. The molecule has 1 aliphatic rings. The smallest absolute Gasteiger partial charge is 0.410 e. The summed E-state index contributed by atoms with van der Waals surface area (Å²) in [5.41, 5.74) is 0.397. The van der Waals surface area contributed by atoms with Gasteiger partial charge >= 0.3 is 6.09 Å². The third-order valence-electron chi connectivity index (χ3n) is 4.98. The molecule has 1 aliphatic heterocycles. The Morgan fingerprint density at radius 2 is 1.97 bits per heavy atom. The number of nitrogens with zero attached hydrogens (tertiary/aromatic N) is 3. The van der Waals surface area contributed by atoms with Crippen molar-refractivity contribution in [2.24, 2.45) is 0 Å². The minimum absolute atomic E-state index is 0.00359. The first-order valence-electron chi connectivity index (χ1n) is 10.5. The van der Waals surface area contributed by atoms with E-state index in [-0.39, 0.29) is 12.1 Å². The van der Waals surface area contributed by atoms with Crippen molar-refractivity contribution in [3.63, 3.8) is 0 Å². The molecule has 8 heteroatoms. The Morgan fingerprint density at radius 1 is 1.19 bits per heavy atom. The number of aromatic nitrogens is 2. The Hall–Kier alpha value is -3.03. The minimum Gasteiger partial charge on any atom is -0.493 e. The van der Waals surface area contributed by atoms with Crippen molar-refractivity contribution in [1.82, 2.24) is 15.0 Å². The van der Waals surface area contributed by atoms with E-state index in [0.29, 0.717) is 36.2 Å². The summed E-state index contributed by atoms with van der Waals surface area (Å²) in [6.07, 6.45) is 6.80. The van der Waals surface area contributed by atoms with Crippen LogP contribution >= 0.6 is 0 Å². The van der Waals surface area contributed by atoms with E-state index in [4.69, 9.17) is 18.7 Å². The number of rotatable bonds is 6. The number of hydrogen-bond acceptors (Lipinski definition) is 7. The Bertz CT molecular complexity index is 916. The maximum Gasteiger partial charge on any atom is 0.410 e. The predicted molar refractivity (Wildman–Crippen MR) is 117 cm³/mol. The molecule has 1 unspecified atom stereocenters. The van der Waals surface area contributed by atoms with Crippen LogP contribution in [0.2, 0.25) is 0 Å². The number of hydrogen-bond donors (Lipinski definition) is 0. The highest BCUT2D eigenvalue weighted by atomic mass is 16.6. The first-order valence-corrected chi connectivity index (χ1v) is 10.5. The first kappa shape index (κ1) is 22.7. The van der Waals surface area contributed by atoms with Crippen LogP contribution in [0.25, 0.3) is 12.2 Å². The molecule has 2 heterocycles. The maximum absolute atomic E-state index is 12.6. The molecular weight excluding hydrogens is 398 g/mol. The zero-order valence-corrected chi connectivity index (χ0v) is 18.9. The van der Waals surface area contributed by atoms with Gasteiger partial charge < -0.3 is 23.6 Å². The lowest BCUT2D eigenvalue weighted by Gasteiger charge is -2.36. The molecule has 1 saturated heterocycles. The number of carbonyl (C=O) groups is 1. The third kappa shape index (κ3) is 6.23. The van der Waals surface area contributed by atoms with Crippen LogP contribution in [0, 0.1) is 0 Å². The van der Waals surface area contributed by atoms with E-state index in [1.165, 1.54) is 0 Å². The number of amides is 1. The summed E-state index contributed by atoms with van der Waals surface area (Å²) in [7, 11) is 3.20. The average molecular weight is 430 g/mol. The Labute approximate surface area is 183 Å². The van der Waals surface area contributed by atoms with Crippen molar-refractivity contribution in [2.75, 3.05) is 20.8 Å². The number of benzene rings is 1. The predicted octanol–water partition coefficient (Wildman–Crippen LogP) is 4.59. The fourth-order valence-corrected chi connectivity index (χ4v) is 3.53. The summed E-state index contributed by atoms with van der Waals surface area (Å²) in [5, 5.41) is 4.09. The summed E-state index contributed by atoms with van der Waals surface area (Å²) in [4.78, 5) is 18.8. The van der Waals surface area contributed by atoms with Crippen LogP contribution < -0.4 is 9.47 Å². The molecule has 0 radical (unpaired) electrons. The first-order chi connectivity index (χ1) is 14.8. The molecule has 0 spiro atoms. The standard InChI is InChI=1S/C23H31N3O5/c1-23(2,3)30-22(27)26-13-7-6-8-17(26)15-20-24-21(31-25-20)12-10-16-9-11-18(28-4)19(14-16)29-5/h9-12,14,17H,6-8,13,15H2,1-5H3. The minimum atomic E-state index is -0.521. The lowest BCUT2D eigenvalue weighted by Crippen LogP contribution is -2.47. The van der Waals surface area contributed by atoms with Crippen molar-refractivity contribution in [3.8, 4) is 11.5 Å². The monoisotopic (exact) mass is 429 g/mol. The molecule has 1 aromatic heterocycles. The highest BCUT2D eigenvalue weighted by Crippen LogP contribution is 2.28. The topological polar surface area (TPSA) is 86.9 Å². The van der Waals surface area contributed by atoms with E-state index < -0.39 is 5.60 Å². The van der Waals surface area contributed by atoms with Crippen molar-refractivity contribution in [2.45, 2.75) is 58.1 Å². The van der Waals surface area contributed by atoms with E-state index in [0.717, 1.165) is 24.8 Å². The van der Waals surface area contributed by atoms with Gasteiger partial charge in [0.25, 0.3) is 5.89 Å². The number of likely N-dealkylation sites (tertiary alicyclic amines) is 1. The summed E-state index contributed by atoms with van der Waals surface area (Å²) < 4.78 is 21.5. The summed E-state index contributed by atoms with van der Waals surface area (Å²) >= 11 is 0. The van der Waals surface area contributed by atoms with Gasteiger partial charge in [-0.1, -0.05) is 11.2 Å². The van der Waals surface area contributed by atoms with E-state index >= 15 is 0 Å². The highest BCUT2D eigenvalue weighted by Gasteiger charge is 2.31. The highest BCUT2D eigenvalue weighted by molar-refractivity contribution is 5.69. The summed E-state index contributed by atoms with van der Waals surface area (Å²) in [5.74, 6) is 2.30. The van der Waals surface area contributed by atoms with E-state index in [1.54, 1.807) is 25.2 Å². The second kappa shape index (κ2) is 9.85. The fourth-order valence-electron chi connectivity index (χ4n) is 3.53. The summed E-state index contributed by atoms with van der Waals surface area (Å²) in [6, 6.07) is 5.62. The van der Waals surface area contributed by atoms with Crippen LogP contribution in [0.5, 0.6) is 11.5 Å². The number of carbonyl (C=O) groups excluding carboxylic acids is 1. The van der Waals surface area contributed by atoms with Gasteiger partial charge in [-0.05, 0) is 63.8 Å². The van der Waals surface area contributed by atoms with Crippen LogP contribution in [-0.2, 0) is 11.2 Å². The molecule has 0 aliphatic carbocycles. The van der Waals surface area contributed by atoms with Gasteiger partial charge in [-0.15, -0.1) is 0 Å². The molecule has 2 aromatic rings. The quantitative estimate of drug-likeness (QED) is 0.664. The second-order valence-corrected chi connectivity index (χ2v) is 8.52. The largest absolute Gasteiger partial charge is 0.493 e. The van der Waals surface area contributed by atoms with Gasteiger partial charge in [0.15, 0.2) is 17.3 Å². The third-order valence-corrected chi connectivity index (χ3v) is 4.98. The summed E-state index contributed by atoms with van der Waals surface area (Å²) in [6.45, 7) is 6.31. The van der Waals surface area contributed by atoms with Crippen molar-refractivity contribution >= 4 is 18.2 Å². The molecule has 0 N–H and O–H groups in total. The molecule has 1 fully saturated rings. The molecule has 31 heavy (non-hydrogen) atoms. The number of ether oxygens (including phenoxy) is 3. The van der Waals surface area contributed by atoms with Crippen molar-refractivity contribution < 1.29 is 23.5 Å². The normalized spacial score (nSPS) is 17.1. The van der Waals surface area contributed by atoms with Crippen LogP contribution in [0.1, 0.15) is 57.3 Å². The molecular formula is C23H31N3O5. The van der Waals surface area contributed by atoms with Gasteiger partial charge in [-0.25, -0.2) is 4.79 Å². The molecule has 0 bridgehead atoms. The second-order valence-electron chi connectivity index (χ2n) is 8.52. The molecule has 1 aromatic carbocycles. The number of methoxy groups -OCH3 is 2. The van der Waals surface area contributed by atoms with Crippen LogP contribution in [0.4, 0.5) is 4.79 Å². The molecule has 168 valence electrons. The van der Waals surface area contributed by atoms with Crippen molar-refractivity contribution in [1.29, 1.82) is 0 Å². The van der Waals surface area contributed by atoms with E-state index in [2.05, 4.69) is 10.1 Å². The Morgan fingerprint density at radius 3 is 2.68 bits per heavy atom.